The van der Waals surface area contributed by atoms with Gasteiger partial charge in [-0.25, -0.2) is 0 Å². The number of rotatable bonds is 8. The second-order valence-corrected chi connectivity index (χ2v) is 6.46. The van der Waals surface area contributed by atoms with Crippen LogP contribution in [-0.2, 0) is 6.61 Å². The van der Waals surface area contributed by atoms with Crippen molar-refractivity contribution in [3.63, 3.8) is 0 Å². The van der Waals surface area contributed by atoms with E-state index in [1.807, 2.05) is 86.6 Å². The van der Waals surface area contributed by atoms with E-state index < -0.39 is 0 Å². The van der Waals surface area contributed by atoms with Gasteiger partial charge in [0, 0.05) is 11.1 Å². The highest BCUT2D eigenvalue weighted by Crippen LogP contribution is 2.23. The van der Waals surface area contributed by atoms with Gasteiger partial charge in [0.25, 0.3) is 5.91 Å². The summed E-state index contributed by atoms with van der Waals surface area (Å²) >= 11 is 0. The molecule has 0 bridgehead atoms. The van der Waals surface area contributed by atoms with E-state index in [4.69, 9.17) is 9.47 Å². The predicted molar refractivity (Wildman–Crippen MR) is 111 cm³/mol. The minimum atomic E-state index is -0.125. The molecule has 0 saturated carbocycles. The largest absolute Gasteiger partial charge is 0.493 e. The number of ether oxygens (including phenoxy) is 2. The second-order valence-electron chi connectivity index (χ2n) is 6.46. The first kappa shape index (κ1) is 19.5. The molecule has 28 heavy (non-hydrogen) atoms. The minimum Gasteiger partial charge on any atom is -0.493 e. The molecule has 1 amide bonds. The molecular weight excluding hydrogens is 350 g/mol. The Morgan fingerprint density at radius 2 is 1.61 bits per heavy atom. The summed E-state index contributed by atoms with van der Waals surface area (Å²) in [5.41, 5.74) is 2.48. The van der Waals surface area contributed by atoms with Crippen LogP contribution in [-0.4, -0.2) is 12.5 Å². The molecule has 3 aromatic rings. The Bertz CT molecular complexity index is 894. The Balaban J connectivity index is 1.74. The standard InChI is InChI=1S/C24H25NO3/c1-3-27-23-15-14-20(16-21(23)17-28-22-12-8-5-9-13-22)24(26)25-18(2)19-10-6-4-7-11-19/h4-16,18H,3,17H2,1-2H3,(H,25,26). The van der Waals surface area contributed by atoms with Gasteiger partial charge in [0.15, 0.2) is 0 Å². The van der Waals surface area contributed by atoms with E-state index in [-0.39, 0.29) is 11.9 Å². The van der Waals surface area contributed by atoms with Gasteiger partial charge in [0.1, 0.15) is 18.1 Å². The second kappa shape index (κ2) is 9.60. The predicted octanol–water partition coefficient (Wildman–Crippen LogP) is 5.16. The van der Waals surface area contributed by atoms with E-state index in [9.17, 15) is 4.79 Å². The number of hydrogen-bond acceptors (Lipinski definition) is 3. The van der Waals surface area contributed by atoms with Crippen LogP contribution < -0.4 is 14.8 Å². The quantitative estimate of drug-likeness (QED) is 0.592. The molecule has 144 valence electrons. The number of amides is 1. The van der Waals surface area contributed by atoms with Gasteiger partial charge in [0.2, 0.25) is 0 Å². The zero-order valence-electron chi connectivity index (χ0n) is 16.2. The highest BCUT2D eigenvalue weighted by atomic mass is 16.5. The van der Waals surface area contributed by atoms with Crippen LogP contribution in [0.25, 0.3) is 0 Å². The molecule has 0 heterocycles. The van der Waals surface area contributed by atoms with Crippen LogP contribution in [0.5, 0.6) is 11.5 Å². The Kier molecular flexibility index (Phi) is 6.68. The number of para-hydroxylation sites is 1. The van der Waals surface area contributed by atoms with Gasteiger partial charge in [-0.05, 0) is 49.7 Å². The normalized spacial score (nSPS) is 11.5. The summed E-state index contributed by atoms with van der Waals surface area (Å²) in [5.74, 6) is 1.38. The van der Waals surface area contributed by atoms with Crippen LogP contribution in [0.15, 0.2) is 78.9 Å². The van der Waals surface area contributed by atoms with Crippen molar-refractivity contribution in [2.24, 2.45) is 0 Å². The van der Waals surface area contributed by atoms with Gasteiger partial charge in [0.05, 0.1) is 12.6 Å². The topological polar surface area (TPSA) is 47.6 Å². The van der Waals surface area contributed by atoms with Crippen molar-refractivity contribution in [2.75, 3.05) is 6.61 Å². The third-order valence-corrected chi connectivity index (χ3v) is 4.41. The fourth-order valence-corrected chi connectivity index (χ4v) is 2.91. The van der Waals surface area contributed by atoms with Crippen molar-refractivity contribution in [3.05, 3.63) is 95.6 Å². The third-order valence-electron chi connectivity index (χ3n) is 4.41. The van der Waals surface area contributed by atoms with E-state index in [0.717, 1.165) is 22.6 Å². The molecule has 0 aromatic heterocycles. The molecule has 0 saturated heterocycles. The number of carbonyl (C=O) groups excluding carboxylic acids is 1. The van der Waals surface area contributed by atoms with Crippen molar-refractivity contribution in [1.82, 2.24) is 5.32 Å². The van der Waals surface area contributed by atoms with E-state index in [2.05, 4.69) is 5.32 Å². The Morgan fingerprint density at radius 1 is 0.929 bits per heavy atom. The molecule has 0 aliphatic rings. The highest BCUT2D eigenvalue weighted by molar-refractivity contribution is 5.94. The molecule has 3 aromatic carbocycles. The smallest absolute Gasteiger partial charge is 0.251 e. The summed E-state index contributed by atoms with van der Waals surface area (Å²) in [7, 11) is 0. The Morgan fingerprint density at radius 3 is 2.29 bits per heavy atom. The lowest BCUT2D eigenvalue weighted by molar-refractivity contribution is 0.0939. The Hall–Kier alpha value is -3.27. The van der Waals surface area contributed by atoms with Crippen molar-refractivity contribution >= 4 is 5.91 Å². The molecule has 4 nitrogen and oxygen atoms in total. The zero-order chi connectivity index (χ0) is 19.8. The molecule has 1 atom stereocenters. The van der Waals surface area contributed by atoms with Crippen molar-refractivity contribution in [2.45, 2.75) is 26.5 Å². The van der Waals surface area contributed by atoms with Crippen molar-refractivity contribution in [1.29, 1.82) is 0 Å². The number of hydrogen-bond donors (Lipinski definition) is 1. The molecule has 0 aliphatic carbocycles. The number of carbonyl (C=O) groups is 1. The number of nitrogens with one attached hydrogen (secondary N) is 1. The van der Waals surface area contributed by atoms with E-state index >= 15 is 0 Å². The summed E-state index contributed by atoms with van der Waals surface area (Å²) in [4.78, 5) is 12.7. The Labute approximate surface area is 166 Å². The third kappa shape index (κ3) is 5.13. The molecule has 3 rings (SSSR count). The SMILES string of the molecule is CCOc1ccc(C(=O)NC(C)c2ccccc2)cc1COc1ccccc1. The van der Waals surface area contributed by atoms with E-state index in [1.165, 1.54) is 0 Å². The maximum Gasteiger partial charge on any atom is 0.251 e. The summed E-state index contributed by atoms with van der Waals surface area (Å²) in [6, 6.07) is 24.9. The first-order valence-corrected chi connectivity index (χ1v) is 9.46. The summed E-state index contributed by atoms with van der Waals surface area (Å²) < 4.78 is 11.6. The van der Waals surface area contributed by atoms with E-state index in [0.29, 0.717) is 18.8 Å². The van der Waals surface area contributed by atoms with E-state index in [1.54, 1.807) is 6.07 Å². The summed E-state index contributed by atoms with van der Waals surface area (Å²) in [6.07, 6.45) is 0. The van der Waals surface area contributed by atoms with Crippen LogP contribution >= 0.6 is 0 Å². The molecule has 0 aliphatic heterocycles. The fourth-order valence-electron chi connectivity index (χ4n) is 2.91. The molecular formula is C24H25NO3. The van der Waals surface area contributed by atoms with Crippen LogP contribution in [0.2, 0.25) is 0 Å². The molecule has 0 spiro atoms. The summed E-state index contributed by atoms with van der Waals surface area (Å²) in [5, 5.41) is 3.04. The lowest BCUT2D eigenvalue weighted by Crippen LogP contribution is -2.26. The van der Waals surface area contributed by atoms with Crippen LogP contribution in [0.3, 0.4) is 0 Å². The lowest BCUT2D eigenvalue weighted by atomic mass is 10.1. The maximum absolute atomic E-state index is 12.7. The first-order chi connectivity index (χ1) is 13.7. The zero-order valence-corrected chi connectivity index (χ0v) is 16.2. The van der Waals surface area contributed by atoms with Crippen molar-refractivity contribution < 1.29 is 14.3 Å². The molecule has 1 N–H and O–H groups in total. The van der Waals surface area contributed by atoms with Crippen LogP contribution in [0.4, 0.5) is 0 Å². The van der Waals surface area contributed by atoms with Crippen molar-refractivity contribution in [3.8, 4) is 11.5 Å². The van der Waals surface area contributed by atoms with Gasteiger partial charge in [-0.3, -0.25) is 4.79 Å². The maximum atomic E-state index is 12.7. The average Bonchev–Trinajstić information content (AvgIpc) is 2.74. The monoisotopic (exact) mass is 375 g/mol. The molecule has 0 radical (unpaired) electrons. The molecule has 0 fully saturated rings. The lowest BCUT2D eigenvalue weighted by Gasteiger charge is -2.16. The number of benzene rings is 3. The van der Waals surface area contributed by atoms with Crippen LogP contribution in [0, 0.1) is 0 Å². The highest BCUT2D eigenvalue weighted by Gasteiger charge is 2.14. The van der Waals surface area contributed by atoms with Gasteiger partial charge in [-0.2, -0.15) is 0 Å². The van der Waals surface area contributed by atoms with Gasteiger partial charge in [-0.15, -0.1) is 0 Å². The van der Waals surface area contributed by atoms with Gasteiger partial charge >= 0.3 is 0 Å². The summed E-state index contributed by atoms with van der Waals surface area (Å²) in [6.45, 7) is 4.79. The molecule has 1 unspecified atom stereocenters. The van der Waals surface area contributed by atoms with Gasteiger partial charge in [-0.1, -0.05) is 48.5 Å². The average molecular weight is 375 g/mol. The minimum absolute atomic E-state index is 0.0794. The molecule has 4 heteroatoms. The van der Waals surface area contributed by atoms with Crippen LogP contribution in [0.1, 0.15) is 41.4 Å². The van der Waals surface area contributed by atoms with Gasteiger partial charge < -0.3 is 14.8 Å². The first-order valence-electron chi connectivity index (χ1n) is 9.46. The fraction of sp³-hybridized carbons (Fsp3) is 0.208.